The summed E-state index contributed by atoms with van der Waals surface area (Å²) in [5.74, 6) is 0.747. The van der Waals surface area contributed by atoms with Crippen molar-refractivity contribution in [2.75, 3.05) is 0 Å². The third-order valence-corrected chi connectivity index (χ3v) is 4.13. The third-order valence-electron chi connectivity index (χ3n) is 1.58. The zero-order chi connectivity index (χ0) is 10.1. The highest BCUT2D eigenvalue weighted by molar-refractivity contribution is 14.1. The second kappa shape index (κ2) is 4.42. The van der Waals surface area contributed by atoms with E-state index in [0.29, 0.717) is 5.02 Å². The Kier molecular flexibility index (Phi) is 3.41. The molecule has 1 aromatic heterocycles. The fourth-order valence-electron chi connectivity index (χ4n) is 0.957. The van der Waals surface area contributed by atoms with Crippen molar-refractivity contribution in [3.63, 3.8) is 0 Å². The van der Waals surface area contributed by atoms with Gasteiger partial charge in [0.1, 0.15) is 0 Å². The predicted molar refractivity (Wildman–Crippen MR) is 70.8 cm³/mol. The number of aromatic nitrogens is 2. The molecule has 2 rings (SSSR count). The summed E-state index contributed by atoms with van der Waals surface area (Å²) in [5.41, 5.74) is 0.973. The van der Waals surface area contributed by atoms with Crippen molar-refractivity contribution in [3.8, 4) is 11.4 Å². The fraction of sp³-hybridized carbons (Fsp3) is 0. The first kappa shape index (κ1) is 10.8. The molecule has 0 fully saturated rings. The summed E-state index contributed by atoms with van der Waals surface area (Å²) in [6.07, 6.45) is 0. The average Bonchev–Trinajstić information content (AvgIpc) is 2.57. The SMILES string of the molecule is Clc1ccc(-c2nsc(I)n2)cc1Br. The Bertz CT molecular complexity index is 474. The van der Waals surface area contributed by atoms with E-state index in [1.807, 2.05) is 18.2 Å². The van der Waals surface area contributed by atoms with E-state index in [0.717, 1.165) is 18.9 Å². The van der Waals surface area contributed by atoms with E-state index in [4.69, 9.17) is 11.6 Å². The summed E-state index contributed by atoms with van der Waals surface area (Å²) >= 11 is 12.8. The molecule has 0 amide bonds. The van der Waals surface area contributed by atoms with Crippen molar-refractivity contribution in [3.05, 3.63) is 30.7 Å². The normalized spacial score (nSPS) is 10.5. The minimum Gasteiger partial charge on any atom is -0.209 e. The van der Waals surface area contributed by atoms with Crippen molar-refractivity contribution in [2.45, 2.75) is 0 Å². The third kappa shape index (κ3) is 2.26. The zero-order valence-electron chi connectivity index (χ0n) is 6.67. The molecular formula is C8H3BrClIN2S. The molecule has 0 saturated heterocycles. The van der Waals surface area contributed by atoms with Gasteiger partial charge in [0.2, 0.25) is 0 Å². The molecule has 2 nitrogen and oxygen atoms in total. The summed E-state index contributed by atoms with van der Waals surface area (Å²) in [6.45, 7) is 0. The average molecular weight is 401 g/mol. The van der Waals surface area contributed by atoms with E-state index in [1.165, 1.54) is 11.5 Å². The van der Waals surface area contributed by atoms with E-state index >= 15 is 0 Å². The molecule has 0 aliphatic heterocycles. The van der Waals surface area contributed by atoms with Crippen LogP contribution >= 0.6 is 61.7 Å². The first-order valence-corrected chi connectivity index (χ1v) is 6.64. The van der Waals surface area contributed by atoms with Crippen LogP contribution in [-0.4, -0.2) is 9.36 Å². The highest BCUT2D eigenvalue weighted by Gasteiger charge is 2.06. The minimum absolute atomic E-state index is 0.693. The maximum atomic E-state index is 5.89. The van der Waals surface area contributed by atoms with Gasteiger partial charge in [0.05, 0.1) is 5.02 Å². The Morgan fingerprint density at radius 1 is 1.43 bits per heavy atom. The van der Waals surface area contributed by atoms with E-state index < -0.39 is 0 Å². The largest absolute Gasteiger partial charge is 0.209 e. The van der Waals surface area contributed by atoms with E-state index in [9.17, 15) is 0 Å². The lowest BCUT2D eigenvalue weighted by Crippen LogP contribution is -1.81. The van der Waals surface area contributed by atoms with Gasteiger partial charge in [-0.1, -0.05) is 11.6 Å². The predicted octanol–water partition coefficient (Wildman–Crippen LogP) is 4.23. The Balaban J connectivity index is 2.47. The summed E-state index contributed by atoms with van der Waals surface area (Å²) < 4.78 is 6.01. The van der Waals surface area contributed by atoms with Crippen molar-refractivity contribution in [1.82, 2.24) is 9.36 Å². The minimum atomic E-state index is 0.693. The van der Waals surface area contributed by atoms with Gasteiger partial charge in [-0.3, -0.25) is 0 Å². The lowest BCUT2D eigenvalue weighted by atomic mass is 10.2. The first-order valence-electron chi connectivity index (χ1n) is 3.61. The van der Waals surface area contributed by atoms with Crippen LogP contribution in [-0.2, 0) is 0 Å². The molecule has 72 valence electrons. The summed E-state index contributed by atoms with van der Waals surface area (Å²) in [7, 11) is 0. The van der Waals surface area contributed by atoms with Crippen molar-refractivity contribution in [1.29, 1.82) is 0 Å². The van der Waals surface area contributed by atoms with Crippen LogP contribution < -0.4 is 0 Å². The molecule has 0 bridgehead atoms. The molecule has 6 heteroatoms. The Morgan fingerprint density at radius 2 is 2.21 bits per heavy atom. The Labute approximate surface area is 112 Å². The quantitative estimate of drug-likeness (QED) is 0.669. The Hall–Kier alpha value is 0.280. The van der Waals surface area contributed by atoms with Gasteiger partial charge in [-0.05, 0) is 68.3 Å². The van der Waals surface area contributed by atoms with Gasteiger partial charge in [-0.15, -0.1) is 0 Å². The summed E-state index contributed by atoms with van der Waals surface area (Å²) in [5, 5.41) is 0.693. The molecule has 0 aliphatic rings. The topological polar surface area (TPSA) is 25.8 Å². The molecule has 0 aliphatic carbocycles. The van der Waals surface area contributed by atoms with Gasteiger partial charge in [-0.2, -0.15) is 4.37 Å². The smallest absolute Gasteiger partial charge is 0.174 e. The molecule has 14 heavy (non-hydrogen) atoms. The number of hydrogen-bond acceptors (Lipinski definition) is 3. The van der Waals surface area contributed by atoms with Crippen LogP contribution in [0.25, 0.3) is 11.4 Å². The number of rotatable bonds is 1. The zero-order valence-corrected chi connectivity index (χ0v) is 12.0. The van der Waals surface area contributed by atoms with Gasteiger partial charge < -0.3 is 0 Å². The van der Waals surface area contributed by atoms with E-state index in [1.54, 1.807) is 0 Å². The number of hydrogen-bond donors (Lipinski definition) is 0. The monoisotopic (exact) mass is 400 g/mol. The molecule has 0 saturated carbocycles. The van der Waals surface area contributed by atoms with Crippen LogP contribution in [0, 0.1) is 3.01 Å². The van der Waals surface area contributed by atoms with Gasteiger partial charge in [0.15, 0.2) is 8.84 Å². The van der Waals surface area contributed by atoms with Crippen LogP contribution in [0.3, 0.4) is 0 Å². The molecule has 0 atom stereocenters. The highest BCUT2D eigenvalue weighted by atomic mass is 127. The highest BCUT2D eigenvalue weighted by Crippen LogP contribution is 2.28. The maximum Gasteiger partial charge on any atom is 0.174 e. The van der Waals surface area contributed by atoms with Gasteiger partial charge in [0, 0.05) is 10.0 Å². The molecule has 1 heterocycles. The second-order valence-electron chi connectivity index (χ2n) is 2.50. The lowest BCUT2D eigenvalue weighted by Gasteiger charge is -1.98. The molecule has 1 aromatic carbocycles. The van der Waals surface area contributed by atoms with Gasteiger partial charge in [0.25, 0.3) is 0 Å². The van der Waals surface area contributed by atoms with Crippen LogP contribution in [0.1, 0.15) is 0 Å². The number of benzene rings is 1. The first-order chi connectivity index (χ1) is 6.66. The van der Waals surface area contributed by atoms with Crippen molar-refractivity contribution < 1.29 is 0 Å². The van der Waals surface area contributed by atoms with Gasteiger partial charge in [-0.25, -0.2) is 4.98 Å². The number of nitrogens with zero attached hydrogens (tertiary/aromatic N) is 2. The molecule has 0 unspecified atom stereocenters. The van der Waals surface area contributed by atoms with E-state index in [-0.39, 0.29) is 0 Å². The van der Waals surface area contributed by atoms with E-state index in [2.05, 4.69) is 47.9 Å². The lowest BCUT2D eigenvalue weighted by molar-refractivity contribution is 1.30. The Morgan fingerprint density at radius 3 is 2.79 bits per heavy atom. The van der Waals surface area contributed by atoms with Crippen molar-refractivity contribution in [2.24, 2.45) is 0 Å². The fourth-order valence-corrected chi connectivity index (χ4v) is 2.41. The maximum absolute atomic E-state index is 5.89. The molecule has 2 aromatic rings. The van der Waals surface area contributed by atoms with Crippen LogP contribution in [0.2, 0.25) is 5.02 Å². The van der Waals surface area contributed by atoms with Crippen molar-refractivity contribution >= 4 is 61.7 Å². The summed E-state index contributed by atoms with van der Waals surface area (Å²) in [4.78, 5) is 4.28. The molecular weight excluding hydrogens is 398 g/mol. The second-order valence-corrected chi connectivity index (χ2v) is 6.27. The van der Waals surface area contributed by atoms with Crippen LogP contribution in [0.4, 0.5) is 0 Å². The summed E-state index contributed by atoms with van der Waals surface area (Å²) in [6, 6.07) is 5.65. The van der Waals surface area contributed by atoms with Crippen LogP contribution in [0.5, 0.6) is 0 Å². The standard InChI is InChI=1S/C8H3BrClIN2S/c9-5-3-4(1-2-6(5)10)7-12-8(11)14-13-7/h1-3H. The molecule has 0 N–H and O–H groups in total. The number of halogens is 3. The molecule has 0 spiro atoms. The molecule has 0 radical (unpaired) electrons. The van der Waals surface area contributed by atoms with Crippen LogP contribution in [0.15, 0.2) is 22.7 Å². The van der Waals surface area contributed by atoms with Gasteiger partial charge >= 0.3 is 0 Å².